The molecule has 0 aliphatic rings. The first-order valence-corrected chi connectivity index (χ1v) is 7.91. The molecule has 0 unspecified atom stereocenters. The zero-order chi connectivity index (χ0) is 19.9. The van der Waals surface area contributed by atoms with Crippen LogP contribution in [0.3, 0.4) is 0 Å². The normalized spacial score (nSPS) is 11.8. The predicted molar refractivity (Wildman–Crippen MR) is 91.8 cm³/mol. The highest BCUT2D eigenvalue weighted by molar-refractivity contribution is 5.81. The highest BCUT2D eigenvalue weighted by Crippen LogP contribution is 2.29. The molecular formula is C18H10F5N5. The lowest BCUT2D eigenvalue weighted by molar-refractivity contribution is -0.137. The van der Waals surface area contributed by atoms with Crippen molar-refractivity contribution in [2.45, 2.75) is 6.18 Å². The van der Waals surface area contributed by atoms with E-state index in [0.29, 0.717) is 28.2 Å². The van der Waals surface area contributed by atoms with Crippen LogP contribution in [0.1, 0.15) is 5.56 Å². The van der Waals surface area contributed by atoms with E-state index >= 15 is 0 Å². The van der Waals surface area contributed by atoms with Crippen molar-refractivity contribution in [2.75, 3.05) is 5.32 Å². The van der Waals surface area contributed by atoms with Crippen LogP contribution in [0.25, 0.3) is 22.4 Å². The van der Waals surface area contributed by atoms with E-state index in [1.807, 2.05) is 0 Å². The SMILES string of the molecule is Fc1ccc(-c2nc3cc(Nc4ccc(C(F)(F)F)cn4)ncc3[nH]2)cc1F. The van der Waals surface area contributed by atoms with Crippen molar-refractivity contribution < 1.29 is 22.0 Å². The Bertz CT molecular complexity index is 1150. The number of alkyl halides is 3. The predicted octanol–water partition coefficient (Wildman–Crippen LogP) is 5.06. The van der Waals surface area contributed by atoms with E-state index in [-0.39, 0.29) is 5.82 Å². The third-order valence-corrected chi connectivity index (χ3v) is 3.91. The molecule has 3 heterocycles. The maximum absolute atomic E-state index is 13.4. The van der Waals surface area contributed by atoms with Crippen LogP contribution >= 0.6 is 0 Å². The zero-order valence-corrected chi connectivity index (χ0v) is 13.9. The van der Waals surface area contributed by atoms with Gasteiger partial charge in [-0.25, -0.2) is 23.7 Å². The molecule has 0 spiro atoms. The largest absolute Gasteiger partial charge is 0.417 e. The van der Waals surface area contributed by atoms with Gasteiger partial charge in [0.25, 0.3) is 0 Å². The van der Waals surface area contributed by atoms with Gasteiger partial charge in [-0.2, -0.15) is 13.2 Å². The Morgan fingerprint density at radius 2 is 1.64 bits per heavy atom. The molecule has 0 aliphatic carbocycles. The maximum Gasteiger partial charge on any atom is 0.417 e. The van der Waals surface area contributed by atoms with E-state index in [1.54, 1.807) is 6.07 Å². The summed E-state index contributed by atoms with van der Waals surface area (Å²) >= 11 is 0. The van der Waals surface area contributed by atoms with Crippen LogP contribution in [0.5, 0.6) is 0 Å². The summed E-state index contributed by atoms with van der Waals surface area (Å²) < 4.78 is 64.2. The molecule has 5 nitrogen and oxygen atoms in total. The molecule has 4 rings (SSSR count). The minimum absolute atomic E-state index is 0.177. The van der Waals surface area contributed by atoms with Crippen LogP contribution in [0.2, 0.25) is 0 Å². The first kappa shape index (κ1) is 17.8. The fourth-order valence-electron chi connectivity index (χ4n) is 2.52. The zero-order valence-electron chi connectivity index (χ0n) is 13.9. The molecular weight excluding hydrogens is 381 g/mol. The van der Waals surface area contributed by atoms with Crippen LogP contribution in [0.15, 0.2) is 48.8 Å². The van der Waals surface area contributed by atoms with Gasteiger partial charge in [0.1, 0.15) is 17.5 Å². The number of aromatic amines is 1. The van der Waals surface area contributed by atoms with Crippen LogP contribution in [-0.4, -0.2) is 19.9 Å². The molecule has 3 aromatic heterocycles. The monoisotopic (exact) mass is 391 g/mol. The highest BCUT2D eigenvalue weighted by Gasteiger charge is 2.30. The molecule has 0 radical (unpaired) electrons. The molecule has 10 heteroatoms. The third kappa shape index (κ3) is 3.48. The van der Waals surface area contributed by atoms with Crippen LogP contribution in [-0.2, 0) is 6.18 Å². The Labute approximate surface area is 154 Å². The Morgan fingerprint density at radius 3 is 2.32 bits per heavy atom. The summed E-state index contributed by atoms with van der Waals surface area (Å²) in [5.74, 6) is -1.15. The number of H-pyrrole nitrogens is 1. The fourth-order valence-corrected chi connectivity index (χ4v) is 2.52. The minimum atomic E-state index is -4.46. The standard InChI is InChI=1S/C18H10F5N5/c19-11-3-1-9(5-12(11)20)17-26-13-6-16(25-8-14(13)27-17)28-15-4-2-10(7-24-15)18(21,22)23/h1-8H,(H,26,27)(H,24,25,28). The van der Waals surface area contributed by atoms with Gasteiger partial charge in [-0.3, -0.25) is 0 Å². The topological polar surface area (TPSA) is 66.5 Å². The van der Waals surface area contributed by atoms with Gasteiger partial charge in [0.2, 0.25) is 0 Å². The molecule has 0 fully saturated rings. The van der Waals surface area contributed by atoms with Crippen LogP contribution < -0.4 is 5.32 Å². The number of hydrogen-bond acceptors (Lipinski definition) is 4. The molecule has 0 aliphatic heterocycles. The lowest BCUT2D eigenvalue weighted by Crippen LogP contribution is -2.06. The molecule has 0 bridgehead atoms. The van der Waals surface area contributed by atoms with Crippen molar-refractivity contribution in [2.24, 2.45) is 0 Å². The Morgan fingerprint density at radius 1 is 0.857 bits per heavy atom. The van der Waals surface area contributed by atoms with Crippen molar-refractivity contribution in [1.29, 1.82) is 0 Å². The molecule has 2 N–H and O–H groups in total. The number of benzene rings is 1. The van der Waals surface area contributed by atoms with Crippen molar-refractivity contribution in [1.82, 2.24) is 19.9 Å². The van der Waals surface area contributed by atoms with Gasteiger partial charge in [0.15, 0.2) is 11.6 Å². The van der Waals surface area contributed by atoms with E-state index in [1.165, 1.54) is 18.3 Å². The first-order valence-electron chi connectivity index (χ1n) is 7.91. The number of nitrogens with zero attached hydrogens (tertiary/aromatic N) is 3. The van der Waals surface area contributed by atoms with Crippen molar-refractivity contribution >= 4 is 22.7 Å². The molecule has 0 saturated carbocycles. The second-order valence-electron chi connectivity index (χ2n) is 5.86. The number of fused-ring (bicyclic) bond motifs is 1. The molecule has 0 amide bonds. The van der Waals surface area contributed by atoms with Gasteiger partial charge in [0, 0.05) is 17.8 Å². The summed E-state index contributed by atoms with van der Waals surface area (Å²) in [5, 5.41) is 2.79. The second-order valence-corrected chi connectivity index (χ2v) is 5.86. The first-order chi connectivity index (χ1) is 13.3. The minimum Gasteiger partial charge on any atom is -0.337 e. The quantitative estimate of drug-likeness (QED) is 0.479. The van der Waals surface area contributed by atoms with Gasteiger partial charge >= 0.3 is 6.18 Å². The highest BCUT2D eigenvalue weighted by atomic mass is 19.4. The Balaban J connectivity index is 1.60. The van der Waals surface area contributed by atoms with E-state index < -0.39 is 23.4 Å². The summed E-state index contributed by atoms with van der Waals surface area (Å²) in [4.78, 5) is 15.1. The van der Waals surface area contributed by atoms with E-state index in [4.69, 9.17) is 0 Å². The number of aromatic nitrogens is 4. The summed E-state index contributed by atoms with van der Waals surface area (Å²) in [6, 6.07) is 7.05. The number of anilines is 2. The van der Waals surface area contributed by atoms with Crippen molar-refractivity contribution in [3.63, 3.8) is 0 Å². The number of imidazole rings is 1. The average molecular weight is 391 g/mol. The van der Waals surface area contributed by atoms with Crippen LogP contribution in [0.4, 0.5) is 33.6 Å². The number of pyridine rings is 2. The fraction of sp³-hybridized carbons (Fsp3) is 0.0556. The van der Waals surface area contributed by atoms with Gasteiger partial charge in [-0.05, 0) is 30.3 Å². The van der Waals surface area contributed by atoms with Gasteiger partial charge in [-0.15, -0.1) is 0 Å². The van der Waals surface area contributed by atoms with Gasteiger partial charge < -0.3 is 10.3 Å². The number of nitrogens with one attached hydrogen (secondary N) is 2. The number of rotatable bonds is 3. The van der Waals surface area contributed by atoms with Gasteiger partial charge in [-0.1, -0.05) is 0 Å². The van der Waals surface area contributed by atoms with E-state index in [0.717, 1.165) is 24.4 Å². The Kier molecular flexibility index (Phi) is 4.17. The summed E-state index contributed by atoms with van der Waals surface area (Å²) in [7, 11) is 0. The molecule has 0 atom stereocenters. The Hall–Kier alpha value is -3.56. The average Bonchev–Trinajstić information content (AvgIpc) is 3.07. The lowest BCUT2D eigenvalue weighted by Gasteiger charge is -2.08. The summed E-state index contributed by atoms with van der Waals surface area (Å²) in [6.07, 6.45) is -2.29. The molecule has 28 heavy (non-hydrogen) atoms. The van der Waals surface area contributed by atoms with Gasteiger partial charge in [0.05, 0.1) is 22.8 Å². The maximum atomic E-state index is 13.4. The molecule has 142 valence electrons. The summed E-state index contributed by atoms with van der Waals surface area (Å²) in [5.41, 5.74) is 0.522. The number of halogens is 5. The van der Waals surface area contributed by atoms with Crippen molar-refractivity contribution in [3.8, 4) is 11.4 Å². The van der Waals surface area contributed by atoms with Crippen molar-refractivity contribution in [3.05, 3.63) is 66.0 Å². The molecule has 1 aromatic carbocycles. The summed E-state index contributed by atoms with van der Waals surface area (Å²) in [6.45, 7) is 0. The molecule has 0 saturated heterocycles. The lowest BCUT2D eigenvalue weighted by atomic mass is 10.2. The van der Waals surface area contributed by atoms with E-state index in [2.05, 4.69) is 25.3 Å². The smallest absolute Gasteiger partial charge is 0.337 e. The second kappa shape index (κ2) is 6.55. The molecule has 4 aromatic rings. The van der Waals surface area contributed by atoms with E-state index in [9.17, 15) is 22.0 Å². The third-order valence-electron chi connectivity index (χ3n) is 3.91. The van der Waals surface area contributed by atoms with Crippen LogP contribution in [0, 0.1) is 11.6 Å². The number of hydrogen-bond donors (Lipinski definition) is 2.